The molecular formula is C14H15NO2S. The van der Waals surface area contributed by atoms with Crippen molar-refractivity contribution in [2.75, 3.05) is 6.61 Å². The van der Waals surface area contributed by atoms with Crippen molar-refractivity contribution < 1.29 is 9.53 Å². The van der Waals surface area contributed by atoms with Crippen LogP contribution >= 0.6 is 11.3 Å². The van der Waals surface area contributed by atoms with Crippen LogP contribution < -0.4 is 0 Å². The monoisotopic (exact) mass is 261 g/mol. The predicted octanol–water partition coefficient (Wildman–Crippen LogP) is 3.03. The molecule has 0 fully saturated rings. The SMILES string of the molecule is CCOC(C(=O)Cc1cncs1)c1ccccc1. The molecule has 0 saturated heterocycles. The number of carbonyl (C=O) groups is 1. The minimum absolute atomic E-state index is 0.0762. The van der Waals surface area contributed by atoms with Gasteiger partial charge in [-0.3, -0.25) is 9.78 Å². The molecule has 94 valence electrons. The molecule has 3 nitrogen and oxygen atoms in total. The molecule has 1 aromatic carbocycles. The predicted molar refractivity (Wildman–Crippen MR) is 71.6 cm³/mol. The zero-order chi connectivity index (χ0) is 12.8. The third kappa shape index (κ3) is 3.24. The minimum atomic E-state index is -0.474. The summed E-state index contributed by atoms with van der Waals surface area (Å²) >= 11 is 1.49. The molecule has 2 rings (SSSR count). The number of aromatic nitrogens is 1. The van der Waals surface area contributed by atoms with Crippen LogP contribution in [-0.2, 0) is 16.0 Å². The van der Waals surface area contributed by atoms with Gasteiger partial charge >= 0.3 is 0 Å². The number of rotatable bonds is 6. The second-order valence-corrected chi connectivity index (χ2v) is 4.83. The molecule has 4 heteroatoms. The Labute approximate surface area is 110 Å². The van der Waals surface area contributed by atoms with E-state index < -0.39 is 6.10 Å². The van der Waals surface area contributed by atoms with E-state index in [2.05, 4.69) is 4.98 Å². The second-order valence-electron chi connectivity index (χ2n) is 3.86. The average molecular weight is 261 g/mol. The summed E-state index contributed by atoms with van der Waals surface area (Å²) in [6.45, 7) is 2.42. The fourth-order valence-electron chi connectivity index (χ4n) is 1.76. The Balaban J connectivity index is 2.12. The molecule has 0 saturated carbocycles. The van der Waals surface area contributed by atoms with Crippen molar-refractivity contribution in [2.45, 2.75) is 19.4 Å². The summed E-state index contributed by atoms with van der Waals surface area (Å²) in [5, 5.41) is 0. The number of carbonyl (C=O) groups excluding carboxylic acids is 1. The first-order valence-electron chi connectivity index (χ1n) is 5.88. The third-order valence-corrected chi connectivity index (χ3v) is 3.34. The van der Waals surface area contributed by atoms with E-state index in [1.165, 1.54) is 11.3 Å². The zero-order valence-electron chi connectivity index (χ0n) is 10.2. The molecule has 0 bridgehead atoms. The molecule has 0 aliphatic rings. The van der Waals surface area contributed by atoms with Crippen molar-refractivity contribution in [3.63, 3.8) is 0 Å². The molecule has 0 amide bonds. The highest BCUT2D eigenvalue weighted by Crippen LogP contribution is 2.21. The Kier molecular flexibility index (Phi) is 4.61. The quantitative estimate of drug-likeness (QED) is 0.802. The molecule has 0 aliphatic heterocycles. The smallest absolute Gasteiger partial charge is 0.171 e. The van der Waals surface area contributed by atoms with E-state index >= 15 is 0 Å². The summed E-state index contributed by atoms with van der Waals surface area (Å²) in [6, 6.07) is 9.61. The van der Waals surface area contributed by atoms with Gasteiger partial charge in [0.25, 0.3) is 0 Å². The van der Waals surface area contributed by atoms with Gasteiger partial charge in [-0.25, -0.2) is 0 Å². The van der Waals surface area contributed by atoms with Crippen LogP contribution in [0.4, 0.5) is 0 Å². The van der Waals surface area contributed by atoms with Crippen molar-refractivity contribution in [1.29, 1.82) is 0 Å². The lowest BCUT2D eigenvalue weighted by Gasteiger charge is -2.15. The third-order valence-electron chi connectivity index (χ3n) is 2.56. The Morgan fingerprint density at radius 3 is 2.78 bits per heavy atom. The van der Waals surface area contributed by atoms with E-state index in [1.807, 2.05) is 37.3 Å². The van der Waals surface area contributed by atoms with Crippen molar-refractivity contribution >= 4 is 17.1 Å². The normalized spacial score (nSPS) is 12.3. The number of benzene rings is 1. The standard InChI is InChI=1S/C14H15NO2S/c1-2-17-14(11-6-4-3-5-7-11)13(16)8-12-9-15-10-18-12/h3-7,9-10,14H,2,8H2,1H3. The highest BCUT2D eigenvalue weighted by Gasteiger charge is 2.21. The number of Topliss-reactive ketones (excluding diaryl/α,β-unsaturated/α-hetero) is 1. The Morgan fingerprint density at radius 2 is 2.17 bits per heavy atom. The number of ether oxygens (including phenoxy) is 1. The maximum Gasteiger partial charge on any atom is 0.171 e. The van der Waals surface area contributed by atoms with Gasteiger partial charge < -0.3 is 4.74 Å². The summed E-state index contributed by atoms with van der Waals surface area (Å²) in [5.74, 6) is 0.0762. The van der Waals surface area contributed by atoms with Crippen molar-refractivity contribution in [1.82, 2.24) is 4.98 Å². The fourth-order valence-corrected chi connectivity index (χ4v) is 2.37. The van der Waals surface area contributed by atoms with Gasteiger partial charge in [-0.15, -0.1) is 11.3 Å². The molecular weight excluding hydrogens is 246 g/mol. The molecule has 0 radical (unpaired) electrons. The van der Waals surface area contributed by atoms with Gasteiger partial charge in [-0.2, -0.15) is 0 Å². The Hall–Kier alpha value is -1.52. The van der Waals surface area contributed by atoms with Gasteiger partial charge in [0.1, 0.15) is 6.10 Å². The first-order valence-corrected chi connectivity index (χ1v) is 6.76. The van der Waals surface area contributed by atoms with Gasteiger partial charge in [0.15, 0.2) is 5.78 Å². The molecule has 1 heterocycles. The van der Waals surface area contributed by atoms with Crippen LogP contribution in [0.3, 0.4) is 0 Å². The lowest BCUT2D eigenvalue weighted by atomic mass is 10.0. The van der Waals surface area contributed by atoms with Crippen molar-refractivity contribution in [3.8, 4) is 0 Å². The van der Waals surface area contributed by atoms with E-state index in [9.17, 15) is 4.79 Å². The molecule has 1 atom stereocenters. The molecule has 1 unspecified atom stereocenters. The van der Waals surface area contributed by atoms with E-state index in [-0.39, 0.29) is 5.78 Å². The first-order chi connectivity index (χ1) is 8.81. The van der Waals surface area contributed by atoms with Crippen LogP contribution in [-0.4, -0.2) is 17.4 Å². The lowest BCUT2D eigenvalue weighted by molar-refractivity contribution is -0.130. The molecule has 18 heavy (non-hydrogen) atoms. The molecule has 0 spiro atoms. The maximum absolute atomic E-state index is 12.3. The Morgan fingerprint density at radius 1 is 1.39 bits per heavy atom. The lowest BCUT2D eigenvalue weighted by Crippen LogP contribution is -2.17. The number of thiazole rings is 1. The summed E-state index contributed by atoms with van der Waals surface area (Å²) in [4.78, 5) is 17.2. The highest BCUT2D eigenvalue weighted by molar-refractivity contribution is 7.09. The Bertz CT molecular complexity index is 482. The molecule has 2 aromatic rings. The summed E-state index contributed by atoms with van der Waals surface area (Å²) in [7, 11) is 0. The molecule has 0 aliphatic carbocycles. The molecule has 1 aromatic heterocycles. The largest absolute Gasteiger partial charge is 0.366 e. The van der Waals surface area contributed by atoms with E-state index in [4.69, 9.17) is 4.74 Å². The fraction of sp³-hybridized carbons (Fsp3) is 0.286. The average Bonchev–Trinajstić information content (AvgIpc) is 2.89. The van der Waals surface area contributed by atoms with Crippen LogP contribution in [0.1, 0.15) is 23.5 Å². The summed E-state index contributed by atoms with van der Waals surface area (Å²) < 4.78 is 5.57. The van der Waals surface area contributed by atoms with Gasteiger partial charge in [0.2, 0.25) is 0 Å². The minimum Gasteiger partial charge on any atom is -0.366 e. The molecule has 0 N–H and O–H groups in total. The summed E-state index contributed by atoms with van der Waals surface area (Å²) in [6.07, 6.45) is 1.64. The van der Waals surface area contributed by atoms with Crippen LogP contribution in [0.5, 0.6) is 0 Å². The number of nitrogens with zero attached hydrogens (tertiary/aromatic N) is 1. The first kappa shape index (κ1) is 12.9. The van der Waals surface area contributed by atoms with E-state index in [0.29, 0.717) is 13.0 Å². The summed E-state index contributed by atoms with van der Waals surface area (Å²) in [5.41, 5.74) is 2.65. The number of hydrogen-bond donors (Lipinski definition) is 0. The maximum atomic E-state index is 12.3. The van der Waals surface area contributed by atoms with E-state index in [1.54, 1.807) is 11.7 Å². The topological polar surface area (TPSA) is 39.2 Å². The zero-order valence-corrected chi connectivity index (χ0v) is 11.0. The van der Waals surface area contributed by atoms with Crippen LogP contribution in [0, 0.1) is 0 Å². The second kappa shape index (κ2) is 6.42. The van der Waals surface area contributed by atoms with Crippen molar-refractivity contribution in [3.05, 3.63) is 52.5 Å². The van der Waals surface area contributed by atoms with Gasteiger partial charge in [0, 0.05) is 24.1 Å². The van der Waals surface area contributed by atoms with Gasteiger partial charge in [-0.05, 0) is 12.5 Å². The van der Waals surface area contributed by atoms with Gasteiger partial charge in [0.05, 0.1) is 5.51 Å². The van der Waals surface area contributed by atoms with Crippen LogP contribution in [0.2, 0.25) is 0 Å². The van der Waals surface area contributed by atoms with Crippen LogP contribution in [0.25, 0.3) is 0 Å². The van der Waals surface area contributed by atoms with Gasteiger partial charge in [-0.1, -0.05) is 30.3 Å². The highest BCUT2D eigenvalue weighted by atomic mass is 32.1. The van der Waals surface area contributed by atoms with E-state index in [0.717, 1.165) is 10.4 Å². The number of hydrogen-bond acceptors (Lipinski definition) is 4. The van der Waals surface area contributed by atoms with Crippen LogP contribution in [0.15, 0.2) is 42.0 Å². The number of ketones is 1. The van der Waals surface area contributed by atoms with Crippen molar-refractivity contribution in [2.24, 2.45) is 0 Å².